The van der Waals surface area contributed by atoms with Gasteiger partial charge in [-0.1, -0.05) is 0 Å². The minimum absolute atomic E-state index is 0.0889. The fourth-order valence-corrected chi connectivity index (χ4v) is 1.97. The Kier molecular flexibility index (Phi) is 3.13. The maximum absolute atomic E-state index is 5.13. The number of ether oxygens (including phenoxy) is 1. The molecule has 0 aliphatic rings. The van der Waals surface area contributed by atoms with Crippen molar-refractivity contribution in [2.24, 2.45) is 0 Å². The van der Waals surface area contributed by atoms with Crippen molar-refractivity contribution < 1.29 is 4.74 Å². The van der Waals surface area contributed by atoms with Crippen LogP contribution in [-0.4, -0.2) is 26.2 Å². The molecule has 1 unspecified atom stereocenters. The van der Waals surface area contributed by atoms with Crippen LogP contribution in [0.5, 0.6) is 0 Å². The van der Waals surface area contributed by atoms with E-state index in [2.05, 4.69) is 30.4 Å². The number of rotatable bonds is 3. The molecule has 2 heterocycles. The Morgan fingerprint density at radius 1 is 1.60 bits per heavy atom. The zero-order valence-electron chi connectivity index (χ0n) is 8.22. The van der Waals surface area contributed by atoms with Crippen LogP contribution in [0.3, 0.4) is 0 Å². The first-order chi connectivity index (χ1) is 7.20. The lowest BCUT2D eigenvalue weighted by Crippen LogP contribution is -1.99. The van der Waals surface area contributed by atoms with Gasteiger partial charge in [0.2, 0.25) is 5.13 Å². The first-order valence-corrected chi connectivity index (χ1v) is 5.85. The van der Waals surface area contributed by atoms with Crippen LogP contribution in [0.15, 0.2) is 16.9 Å². The molecule has 0 amide bonds. The fraction of sp³-hybridized carbons (Fsp3) is 0.375. The van der Waals surface area contributed by atoms with Crippen molar-refractivity contribution in [1.29, 1.82) is 0 Å². The fourth-order valence-electron chi connectivity index (χ4n) is 0.998. The molecule has 0 spiro atoms. The third kappa shape index (κ3) is 2.24. The van der Waals surface area contributed by atoms with Crippen molar-refractivity contribution in [3.05, 3.63) is 22.7 Å². The predicted molar refractivity (Wildman–Crippen MR) is 60.2 cm³/mol. The van der Waals surface area contributed by atoms with Crippen LogP contribution in [0, 0.1) is 0 Å². The molecule has 1 atom stereocenters. The van der Waals surface area contributed by atoms with E-state index < -0.39 is 0 Å². The molecular formula is C8H9BrN4OS. The number of hydrogen-bond donors (Lipinski definition) is 0. The standard InChI is InChI=1S/C8H9BrN4OS/c1-5(14-2)7-10-8(15-12-7)13-4-3-6(9)11-13/h3-5H,1-2H3. The van der Waals surface area contributed by atoms with E-state index in [9.17, 15) is 0 Å². The second-order valence-corrected chi connectivity index (χ2v) is 4.44. The molecule has 0 aromatic carbocycles. The second kappa shape index (κ2) is 4.38. The molecule has 0 saturated heterocycles. The van der Waals surface area contributed by atoms with Gasteiger partial charge in [-0.3, -0.25) is 0 Å². The molecule has 0 radical (unpaired) electrons. The van der Waals surface area contributed by atoms with Crippen LogP contribution >= 0.6 is 27.5 Å². The lowest BCUT2D eigenvalue weighted by Gasteiger charge is -2.02. The summed E-state index contributed by atoms with van der Waals surface area (Å²) in [6.45, 7) is 1.91. The Bertz CT molecular complexity index is 455. The molecule has 2 aromatic heterocycles. The van der Waals surface area contributed by atoms with Crippen molar-refractivity contribution in [2.45, 2.75) is 13.0 Å². The van der Waals surface area contributed by atoms with Crippen LogP contribution in [0.25, 0.3) is 5.13 Å². The normalized spacial score (nSPS) is 13.0. The Morgan fingerprint density at radius 2 is 2.40 bits per heavy atom. The first-order valence-electron chi connectivity index (χ1n) is 4.28. The Morgan fingerprint density at radius 3 is 3.00 bits per heavy atom. The molecule has 0 aliphatic heterocycles. The van der Waals surface area contributed by atoms with Gasteiger partial charge in [0.05, 0.1) is 0 Å². The van der Waals surface area contributed by atoms with Gasteiger partial charge in [-0.05, 0) is 28.9 Å². The smallest absolute Gasteiger partial charge is 0.230 e. The summed E-state index contributed by atoms with van der Waals surface area (Å²) < 4.78 is 11.8. The van der Waals surface area contributed by atoms with Gasteiger partial charge in [0.25, 0.3) is 0 Å². The van der Waals surface area contributed by atoms with E-state index >= 15 is 0 Å². The van der Waals surface area contributed by atoms with E-state index in [-0.39, 0.29) is 6.10 Å². The molecule has 0 bridgehead atoms. The number of nitrogens with zero attached hydrogens (tertiary/aromatic N) is 4. The van der Waals surface area contributed by atoms with Crippen molar-refractivity contribution in [3.8, 4) is 5.13 Å². The molecule has 80 valence electrons. The van der Waals surface area contributed by atoms with E-state index in [1.807, 2.05) is 19.2 Å². The average molecular weight is 289 g/mol. The van der Waals surface area contributed by atoms with Gasteiger partial charge >= 0.3 is 0 Å². The lowest BCUT2D eigenvalue weighted by molar-refractivity contribution is 0.113. The van der Waals surface area contributed by atoms with Crippen molar-refractivity contribution in [2.75, 3.05) is 7.11 Å². The predicted octanol–water partition coefficient (Wildman–Crippen LogP) is 2.19. The molecule has 2 rings (SSSR count). The molecule has 0 N–H and O–H groups in total. The SMILES string of the molecule is COC(C)c1nsc(-n2ccc(Br)n2)n1. The monoisotopic (exact) mass is 288 g/mol. The average Bonchev–Trinajstić information content (AvgIpc) is 2.84. The van der Waals surface area contributed by atoms with E-state index in [0.29, 0.717) is 5.82 Å². The van der Waals surface area contributed by atoms with Gasteiger partial charge in [0.1, 0.15) is 10.7 Å². The highest BCUT2D eigenvalue weighted by atomic mass is 79.9. The number of hydrogen-bond acceptors (Lipinski definition) is 5. The summed E-state index contributed by atoms with van der Waals surface area (Å²) >= 11 is 4.58. The van der Waals surface area contributed by atoms with Gasteiger partial charge in [0.15, 0.2) is 5.82 Å². The van der Waals surface area contributed by atoms with Crippen molar-refractivity contribution >= 4 is 27.5 Å². The van der Waals surface area contributed by atoms with Crippen molar-refractivity contribution in [1.82, 2.24) is 19.1 Å². The quantitative estimate of drug-likeness (QED) is 0.869. The summed E-state index contributed by atoms with van der Waals surface area (Å²) in [4.78, 5) is 4.33. The molecule has 15 heavy (non-hydrogen) atoms. The van der Waals surface area contributed by atoms with Gasteiger partial charge in [0, 0.05) is 24.8 Å². The Labute approximate surface area is 99.4 Å². The Hall–Kier alpha value is -0.790. The number of halogens is 1. The minimum Gasteiger partial charge on any atom is -0.374 e. The van der Waals surface area contributed by atoms with E-state index in [1.54, 1.807) is 11.8 Å². The van der Waals surface area contributed by atoms with Crippen LogP contribution in [0.1, 0.15) is 18.9 Å². The largest absolute Gasteiger partial charge is 0.374 e. The van der Waals surface area contributed by atoms with Crippen LogP contribution in [0.4, 0.5) is 0 Å². The van der Waals surface area contributed by atoms with E-state index in [1.165, 1.54) is 11.5 Å². The van der Waals surface area contributed by atoms with E-state index in [4.69, 9.17) is 4.74 Å². The summed E-state index contributed by atoms with van der Waals surface area (Å²) in [5.41, 5.74) is 0. The summed E-state index contributed by atoms with van der Waals surface area (Å²) in [5.74, 6) is 0.684. The highest BCUT2D eigenvalue weighted by Gasteiger charge is 2.12. The van der Waals surface area contributed by atoms with Gasteiger partial charge in [-0.2, -0.15) is 14.5 Å². The molecule has 2 aromatic rings. The first kappa shape index (κ1) is 10.7. The van der Waals surface area contributed by atoms with Crippen molar-refractivity contribution in [3.63, 3.8) is 0 Å². The van der Waals surface area contributed by atoms with Gasteiger partial charge in [-0.15, -0.1) is 0 Å². The molecule has 7 heteroatoms. The maximum atomic E-state index is 5.13. The second-order valence-electron chi connectivity index (χ2n) is 2.90. The van der Waals surface area contributed by atoms with Gasteiger partial charge in [-0.25, -0.2) is 4.68 Å². The molecule has 0 saturated carbocycles. The Balaban J connectivity index is 2.27. The summed E-state index contributed by atoms with van der Waals surface area (Å²) in [6.07, 6.45) is 1.74. The van der Waals surface area contributed by atoms with Gasteiger partial charge < -0.3 is 4.74 Å². The van der Waals surface area contributed by atoms with Crippen LogP contribution in [-0.2, 0) is 4.74 Å². The zero-order valence-corrected chi connectivity index (χ0v) is 10.6. The lowest BCUT2D eigenvalue weighted by atomic mass is 10.4. The highest BCUT2D eigenvalue weighted by molar-refractivity contribution is 9.10. The summed E-state index contributed by atoms with van der Waals surface area (Å²) in [7, 11) is 1.63. The van der Waals surface area contributed by atoms with E-state index in [0.717, 1.165) is 9.73 Å². The third-order valence-corrected chi connectivity index (χ3v) is 3.04. The molecule has 5 nitrogen and oxygen atoms in total. The molecule has 0 aliphatic carbocycles. The highest BCUT2D eigenvalue weighted by Crippen LogP contribution is 2.18. The minimum atomic E-state index is -0.0889. The van der Waals surface area contributed by atoms with Crippen LogP contribution in [0.2, 0.25) is 0 Å². The molecular weight excluding hydrogens is 280 g/mol. The zero-order chi connectivity index (χ0) is 10.8. The summed E-state index contributed by atoms with van der Waals surface area (Å²) in [5, 5.41) is 4.92. The maximum Gasteiger partial charge on any atom is 0.230 e. The molecule has 0 fully saturated rings. The van der Waals surface area contributed by atoms with Crippen LogP contribution < -0.4 is 0 Å². The third-order valence-electron chi connectivity index (χ3n) is 1.90. The summed E-state index contributed by atoms with van der Waals surface area (Å²) in [6, 6.07) is 1.85. The number of methoxy groups -OCH3 is 1. The topological polar surface area (TPSA) is 52.8 Å². The number of aromatic nitrogens is 4.